The van der Waals surface area contributed by atoms with Crippen molar-refractivity contribution in [2.45, 2.75) is 6.10 Å². The molecule has 1 aromatic heterocycles. The van der Waals surface area contributed by atoms with Crippen LogP contribution in [0.5, 0.6) is 0 Å². The fourth-order valence-electron chi connectivity index (χ4n) is 1.54. The van der Waals surface area contributed by atoms with Crippen molar-refractivity contribution >= 4 is 11.9 Å². The molecule has 0 fully saturated rings. The molecular formula is C12H13N3O2. The molecule has 5 nitrogen and oxygen atoms in total. The highest BCUT2D eigenvalue weighted by Gasteiger charge is 2.20. The number of benzene rings is 1. The molecule has 1 atom stereocenters. The number of methoxy groups -OCH3 is 1. The molecule has 0 saturated carbocycles. The second kappa shape index (κ2) is 5.27. The summed E-state index contributed by atoms with van der Waals surface area (Å²) in [6.45, 7) is 0. The van der Waals surface area contributed by atoms with E-state index in [1.54, 1.807) is 12.4 Å². The molecule has 0 spiro atoms. The summed E-state index contributed by atoms with van der Waals surface area (Å²) in [5.41, 5.74) is 0.805. The lowest BCUT2D eigenvalue weighted by Gasteiger charge is -2.14. The van der Waals surface area contributed by atoms with Crippen LogP contribution in [0, 0.1) is 0 Å². The minimum absolute atomic E-state index is 0.256. The maximum Gasteiger partial charge on any atom is 0.260 e. The van der Waals surface area contributed by atoms with E-state index >= 15 is 0 Å². The third kappa shape index (κ3) is 2.70. The SMILES string of the molecule is COC(C(=O)Nc1ncc[nH]1)c1ccccc1. The second-order valence-corrected chi connectivity index (χ2v) is 3.45. The average Bonchev–Trinajstić information content (AvgIpc) is 2.84. The van der Waals surface area contributed by atoms with E-state index < -0.39 is 6.10 Å². The van der Waals surface area contributed by atoms with Crippen molar-refractivity contribution in [3.05, 3.63) is 48.3 Å². The number of nitrogens with zero attached hydrogens (tertiary/aromatic N) is 1. The van der Waals surface area contributed by atoms with Crippen molar-refractivity contribution in [1.82, 2.24) is 9.97 Å². The van der Waals surface area contributed by atoms with Crippen LogP contribution in [0.2, 0.25) is 0 Å². The van der Waals surface area contributed by atoms with Gasteiger partial charge in [-0.3, -0.25) is 10.1 Å². The lowest BCUT2D eigenvalue weighted by atomic mass is 10.1. The van der Waals surface area contributed by atoms with E-state index in [9.17, 15) is 4.79 Å². The standard InChI is InChI=1S/C12H13N3O2/c1-17-10(9-5-3-2-4-6-9)11(16)15-12-13-7-8-14-12/h2-8,10H,1H3,(H2,13,14,15,16). The lowest BCUT2D eigenvalue weighted by Crippen LogP contribution is -2.23. The Morgan fingerprint density at radius 1 is 1.41 bits per heavy atom. The molecule has 2 N–H and O–H groups in total. The van der Waals surface area contributed by atoms with Gasteiger partial charge in [-0.05, 0) is 5.56 Å². The van der Waals surface area contributed by atoms with Gasteiger partial charge in [-0.25, -0.2) is 4.98 Å². The number of carbonyl (C=O) groups is 1. The van der Waals surface area contributed by atoms with Gasteiger partial charge in [0.2, 0.25) is 5.95 Å². The fraction of sp³-hybridized carbons (Fsp3) is 0.167. The van der Waals surface area contributed by atoms with Gasteiger partial charge < -0.3 is 9.72 Å². The van der Waals surface area contributed by atoms with E-state index in [0.717, 1.165) is 5.56 Å². The molecule has 0 aliphatic heterocycles. The predicted octanol–water partition coefficient (Wildman–Crippen LogP) is 1.74. The smallest absolute Gasteiger partial charge is 0.260 e. The van der Waals surface area contributed by atoms with Crippen LogP contribution in [0.25, 0.3) is 0 Å². The van der Waals surface area contributed by atoms with Crippen LogP contribution in [-0.2, 0) is 9.53 Å². The van der Waals surface area contributed by atoms with E-state index in [-0.39, 0.29) is 5.91 Å². The number of aromatic nitrogens is 2. The largest absolute Gasteiger partial charge is 0.367 e. The highest BCUT2D eigenvalue weighted by molar-refractivity contribution is 5.93. The van der Waals surface area contributed by atoms with Crippen molar-refractivity contribution in [2.24, 2.45) is 0 Å². The molecule has 1 heterocycles. The fourth-order valence-corrected chi connectivity index (χ4v) is 1.54. The number of imidazole rings is 1. The van der Waals surface area contributed by atoms with E-state index in [1.807, 2.05) is 30.3 Å². The van der Waals surface area contributed by atoms with Crippen LogP contribution >= 0.6 is 0 Å². The van der Waals surface area contributed by atoms with E-state index in [1.165, 1.54) is 7.11 Å². The molecule has 1 amide bonds. The molecule has 0 aliphatic carbocycles. The zero-order valence-electron chi connectivity index (χ0n) is 9.38. The number of rotatable bonds is 4. The van der Waals surface area contributed by atoms with E-state index in [0.29, 0.717) is 5.95 Å². The average molecular weight is 231 g/mol. The first-order valence-corrected chi connectivity index (χ1v) is 5.19. The van der Waals surface area contributed by atoms with Crippen molar-refractivity contribution in [1.29, 1.82) is 0 Å². The van der Waals surface area contributed by atoms with Crippen molar-refractivity contribution in [2.75, 3.05) is 12.4 Å². The molecular weight excluding hydrogens is 218 g/mol. The second-order valence-electron chi connectivity index (χ2n) is 3.45. The minimum Gasteiger partial charge on any atom is -0.367 e. The molecule has 0 aliphatic rings. The first-order chi connectivity index (χ1) is 8.31. The number of ether oxygens (including phenoxy) is 1. The van der Waals surface area contributed by atoms with Gasteiger partial charge in [0.25, 0.3) is 5.91 Å². The van der Waals surface area contributed by atoms with Crippen LogP contribution in [-0.4, -0.2) is 23.0 Å². The number of hydrogen-bond acceptors (Lipinski definition) is 3. The Bertz CT molecular complexity index is 468. The summed E-state index contributed by atoms with van der Waals surface area (Å²) < 4.78 is 5.19. The summed E-state index contributed by atoms with van der Waals surface area (Å²) in [7, 11) is 1.50. The van der Waals surface area contributed by atoms with Gasteiger partial charge in [-0.15, -0.1) is 0 Å². The van der Waals surface area contributed by atoms with Gasteiger partial charge in [0, 0.05) is 19.5 Å². The first kappa shape index (κ1) is 11.3. The molecule has 2 aromatic rings. The first-order valence-electron chi connectivity index (χ1n) is 5.19. The summed E-state index contributed by atoms with van der Waals surface area (Å²) in [5, 5.41) is 2.64. The number of hydrogen-bond donors (Lipinski definition) is 2. The molecule has 2 rings (SSSR count). The van der Waals surface area contributed by atoms with Crippen LogP contribution in [0.15, 0.2) is 42.7 Å². The molecule has 5 heteroatoms. The van der Waals surface area contributed by atoms with Crippen LogP contribution in [0.1, 0.15) is 11.7 Å². The van der Waals surface area contributed by atoms with Crippen molar-refractivity contribution < 1.29 is 9.53 Å². The van der Waals surface area contributed by atoms with Gasteiger partial charge in [-0.1, -0.05) is 30.3 Å². The molecule has 1 unspecified atom stereocenters. The number of aromatic amines is 1. The molecule has 17 heavy (non-hydrogen) atoms. The van der Waals surface area contributed by atoms with Gasteiger partial charge in [-0.2, -0.15) is 0 Å². The van der Waals surface area contributed by atoms with Gasteiger partial charge >= 0.3 is 0 Å². The monoisotopic (exact) mass is 231 g/mol. The topological polar surface area (TPSA) is 67.0 Å². The van der Waals surface area contributed by atoms with Crippen LogP contribution in [0.3, 0.4) is 0 Å². The highest BCUT2D eigenvalue weighted by Crippen LogP contribution is 2.17. The summed E-state index contributed by atoms with van der Waals surface area (Å²) in [4.78, 5) is 18.7. The third-order valence-electron chi connectivity index (χ3n) is 2.32. The minimum atomic E-state index is -0.638. The molecule has 88 valence electrons. The van der Waals surface area contributed by atoms with Crippen molar-refractivity contribution in [3.63, 3.8) is 0 Å². The van der Waals surface area contributed by atoms with E-state index in [4.69, 9.17) is 4.74 Å². The van der Waals surface area contributed by atoms with Crippen LogP contribution in [0.4, 0.5) is 5.95 Å². The zero-order valence-corrected chi connectivity index (χ0v) is 9.38. The third-order valence-corrected chi connectivity index (χ3v) is 2.32. The normalized spacial score (nSPS) is 12.1. The highest BCUT2D eigenvalue weighted by atomic mass is 16.5. The maximum atomic E-state index is 11.9. The number of amides is 1. The Hall–Kier alpha value is -2.14. The Kier molecular flexibility index (Phi) is 3.52. The number of H-pyrrole nitrogens is 1. The number of anilines is 1. The molecule has 0 bridgehead atoms. The predicted molar refractivity (Wildman–Crippen MR) is 63.4 cm³/mol. The molecule has 0 radical (unpaired) electrons. The summed E-state index contributed by atoms with van der Waals surface area (Å²) in [6.07, 6.45) is 2.57. The van der Waals surface area contributed by atoms with Gasteiger partial charge in [0.1, 0.15) is 0 Å². The van der Waals surface area contributed by atoms with Gasteiger partial charge in [0.15, 0.2) is 6.10 Å². The Balaban J connectivity index is 2.11. The van der Waals surface area contributed by atoms with E-state index in [2.05, 4.69) is 15.3 Å². The van der Waals surface area contributed by atoms with Crippen molar-refractivity contribution in [3.8, 4) is 0 Å². The zero-order chi connectivity index (χ0) is 12.1. The molecule has 0 saturated heterocycles. The lowest BCUT2D eigenvalue weighted by molar-refractivity contribution is -0.126. The summed E-state index contributed by atoms with van der Waals surface area (Å²) in [6, 6.07) is 9.30. The van der Waals surface area contributed by atoms with Gasteiger partial charge in [0.05, 0.1) is 0 Å². The summed E-state index contributed by atoms with van der Waals surface area (Å²) >= 11 is 0. The Morgan fingerprint density at radius 3 is 2.76 bits per heavy atom. The number of carbonyl (C=O) groups excluding carboxylic acids is 1. The quantitative estimate of drug-likeness (QED) is 0.842. The number of nitrogens with one attached hydrogen (secondary N) is 2. The molecule has 1 aromatic carbocycles. The van der Waals surface area contributed by atoms with Crippen LogP contribution < -0.4 is 5.32 Å². The maximum absolute atomic E-state index is 11.9. The summed E-state index contributed by atoms with van der Waals surface area (Å²) in [5.74, 6) is 0.154. The Labute approximate surface area is 98.8 Å². The Morgan fingerprint density at radius 2 is 2.18 bits per heavy atom.